The Balaban J connectivity index is 1.32. The molecule has 0 unspecified atom stereocenters. The molecule has 1 aromatic carbocycles. The Morgan fingerprint density at radius 2 is 1.83 bits per heavy atom. The van der Waals surface area contributed by atoms with Gasteiger partial charge in [-0.3, -0.25) is 24.0 Å². The molecule has 1 amide bonds. The van der Waals surface area contributed by atoms with Gasteiger partial charge in [0.2, 0.25) is 5.91 Å². The third-order valence-corrected chi connectivity index (χ3v) is 5.50. The zero-order valence-electron chi connectivity index (χ0n) is 16.6. The van der Waals surface area contributed by atoms with Crippen LogP contribution in [0.4, 0.5) is 0 Å². The van der Waals surface area contributed by atoms with Crippen molar-refractivity contribution in [3.63, 3.8) is 0 Å². The van der Waals surface area contributed by atoms with E-state index in [2.05, 4.69) is 14.9 Å². The fourth-order valence-corrected chi connectivity index (χ4v) is 3.77. The number of aryl methyl sites for hydroxylation is 2. The molecule has 0 aliphatic carbocycles. The van der Waals surface area contributed by atoms with Crippen molar-refractivity contribution in [2.24, 2.45) is 0 Å². The summed E-state index contributed by atoms with van der Waals surface area (Å²) in [6, 6.07) is 9.64. The Labute approximate surface area is 169 Å². The van der Waals surface area contributed by atoms with Gasteiger partial charge in [-0.1, -0.05) is 12.1 Å². The number of fused-ring (bicyclic) bond motifs is 1. The third-order valence-electron chi connectivity index (χ3n) is 5.50. The summed E-state index contributed by atoms with van der Waals surface area (Å²) in [6.45, 7) is 6.31. The number of nitrogens with zero attached hydrogens (tertiary/aromatic N) is 5. The first-order valence-corrected chi connectivity index (χ1v) is 9.95. The lowest BCUT2D eigenvalue weighted by Gasteiger charge is -2.34. The number of para-hydroxylation sites is 1. The number of hydrogen-bond acceptors (Lipinski definition) is 5. The van der Waals surface area contributed by atoms with Crippen LogP contribution >= 0.6 is 0 Å². The molecule has 29 heavy (non-hydrogen) atoms. The number of carbonyl (C=O) groups excluding carboxylic acids is 1. The Morgan fingerprint density at radius 1 is 1.07 bits per heavy atom. The van der Waals surface area contributed by atoms with Crippen molar-refractivity contribution in [3.05, 3.63) is 70.5 Å². The van der Waals surface area contributed by atoms with Gasteiger partial charge in [0.1, 0.15) is 0 Å². The van der Waals surface area contributed by atoms with E-state index in [1.54, 1.807) is 29.4 Å². The molecule has 0 N–H and O–H groups in total. The molecule has 7 heteroatoms. The Bertz CT molecular complexity index is 1060. The van der Waals surface area contributed by atoms with Gasteiger partial charge < -0.3 is 4.90 Å². The first-order valence-electron chi connectivity index (χ1n) is 9.95. The Hall–Kier alpha value is -3.06. The highest BCUT2D eigenvalue weighted by Gasteiger charge is 2.21. The van der Waals surface area contributed by atoms with Crippen molar-refractivity contribution in [3.8, 4) is 0 Å². The molecule has 2 aromatic heterocycles. The predicted octanol–water partition coefficient (Wildman–Crippen LogP) is 1.83. The zero-order valence-corrected chi connectivity index (χ0v) is 16.6. The van der Waals surface area contributed by atoms with Gasteiger partial charge in [0, 0.05) is 58.1 Å². The molecule has 1 aliphatic heterocycles. The second-order valence-electron chi connectivity index (χ2n) is 7.48. The van der Waals surface area contributed by atoms with Crippen LogP contribution < -0.4 is 5.56 Å². The molecule has 1 aliphatic rings. The third kappa shape index (κ3) is 4.35. The average molecular weight is 391 g/mol. The van der Waals surface area contributed by atoms with E-state index in [4.69, 9.17) is 0 Å². The summed E-state index contributed by atoms with van der Waals surface area (Å²) in [5.74, 6) is 0.0878. The van der Waals surface area contributed by atoms with E-state index in [1.807, 2.05) is 36.1 Å². The van der Waals surface area contributed by atoms with E-state index >= 15 is 0 Å². The first kappa shape index (κ1) is 19.3. The Morgan fingerprint density at radius 3 is 2.59 bits per heavy atom. The summed E-state index contributed by atoms with van der Waals surface area (Å²) in [4.78, 5) is 38.0. The summed E-state index contributed by atoms with van der Waals surface area (Å²) in [7, 11) is 0. The smallest absolute Gasteiger partial charge is 0.261 e. The van der Waals surface area contributed by atoms with Crippen LogP contribution in [-0.2, 0) is 17.9 Å². The molecule has 1 fully saturated rings. The molecule has 3 aromatic rings. The van der Waals surface area contributed by atoms with Crippen molar-refractivity contribution in [2.45, 2.75) is 26.4 Å². The van der Waals surface area contributed by atoms with Gasteiger partial charge in [0.05, 0.1) is 17.2 Å². The van der Waals surface area contributed by atoms with Crippen molar-refractivity contribution in [2.75, 3.05) is 26.2 Å². The molecule has 0 bridgehead atoms. The van der Waals surface area contributed by atoms with Gasteiger partial charge in [0.15, 0.2) is 0 Å². The molecule has 150 valence electrons. The van der Waals surface area contributed by atoms with E-state index in [-0.39, 0.29) is 11.5 Å². The first-order chi connectivity index (χ1) is 14.1. The lowest BCUT2D eigenvalue weighted by Crippen LogP contribution is -2.48. The van der Waals surface area contributed by atoms with E-state index in [9.17, 15) is 9.59 Å². The molecule has 4 rings (SSSR count). The SMILES string of the molecule is Cc1cccc2c(=O)n(CCC(=O)N3CCN(Cc4ccncc4)CC3)cnc12. The number of benzene rings is 1. The molecule has 1 saturated heterocycles. The van der Waals surface area contributed by atoms with Crippen molar-refractivity contribution in [1.29, 1.82) is 0 Å². The van der Waals surface area contributed by atoms with Crippen molar-refractivity contribution in [1.82, 2.24) is 24.3 Å². The van der Waals surface area contributed by atoms with E-state index in [0.717, 1.165) is 30.7 Å². The van der Waals surface area contributed by atoms with Crippen LogP contribution in [0.5, 0.6) is 0 Å². The maximum atomic E-state index is 12.7. The minimum Gasteiger partial charge on any atom is -0.340 e. The highest BCUT2D eigenvalue weighted by Crippen LogP contribution is 2.12. The lowest BCUT2D eigenvalue weighted by atomic mass is 10.1. The average Bonchev–Trinajstić information content (AvgIpc) is 2.75. The number of amides is 1. The quantitative estimate of drug-likeness (QED) is 0.664. The molecule has 0 atom stereocenters. The van der Waals surface area contributed by atoms with E-state index in [0.29, 0.717) is 31.4 Å². The highest BCUT2D eigenvalue weighted by atomic mass is 16.2. The Kier molecular flexibility index (Phi) is 5.67. The van der Waals surface area contributed by atoms with Crippen LogP contribution in [0.2, 0.25) is 0 Å². The van der Waals surface area contributed by atoms with Crippen LogP contribution in [0.3, 0.4) is 0 Å². The second kappa shape index (κ2) is 8.53. The number of rotatable bonds is 5. The minimum absolute atomic E-state index is 0.0878. The second-order valence-corrected chi connectivity index (χ2v) is 7.48. The lowest BCUT2D eigenvalue weighted by molar-refractivity contribution is -0.133. The summed E-state index contributed by atoms with van der Waals surface area (Å²) < 4.78 is 1.54. The standard InChI is InChI=1S/C22H25N5O2/c1-17-3-2-4-19-21(17)24-16-27(22(19)29)10-7-20(28)26-13-11-25(12-14-26)15-18-5-8-23-9-6-18/h2-6,8-9,16H,7,10-15H2,1H3. The normalized spacial score (nSPS) is 15.0. The van der Waals surface area contributed by atoms with E-state index in [1.165, 1.54) is 5.56 Å². The number of aromatic nitrogens is 3. The number of carbonyl (C=O) groups is 1. The summed E-state index contributed by atoms with van der Waals surface area (Å²) in [5.41, 5.74) is 2.85. The number of pyridine rings is 1. The molecular weight excluding hydrogens is 366 g/mol. The van der Waals surface area contributed by atoms with Gasteiger partial charge >= 0.3 is 0 Å². The number of piperazine rings is 1. The molecule has 7 nitrogen and oxygen atoms in total. The van der Waals surface area contributed by atoms with Crippen molar-refractivity contribution < 1.29 is 4.79 Å². The molecule has 0 spiro atoms. The molecule has 3 heterocycles. The van der Waals surface area contributed by atoms with Gasteiger partial charge in [-0.15, -0.1) is 0 Å². The predicted molar refractivity (Wildman–Crippen MR) is 111 cm³/mol. The summed E-state index contributed by atoms with van der Waals surface area (Å²) in [6.07, 6.45) is 5.47. The zero-order chi connectivity index (χ0) is 20.2. The van der Waals surface area contributed by atoms with Gasteiger partial charge in [0.25, 0.3) is 5.56 Å². The maximum Gasteiger partial charge on any atom is 0.261 e. The van der Waals surface area contributed by atoms with Crippen LogP contribution in [0.25, 0.3) is 10.9 Å². The van der Waals surface area contributed by atoms with Crippen LogP contribution in [0, 0.1) is 6.92 Å². The molecule has 0 saturated carbocycles. The fraction of sp³-hybridized carbons (Fsp3) is 0.364. The van der Waals surface area contributed by atoms with Gasteiger partial charge in [-0.25, -0.2) is 4.98 Å². The molecular formula is C22H25N5O2. The van der Waals surface area contributed by atoms with Crippen LogP contribution in [0.1, 0.15) is 17.5 Å². The highest BCUT2D eigenvalue weighted by molar-refractivity contribution is 5.80. The van der Waals surface area contributed by atoms with Gasteiger partial charge in [-0.05, 0) is 36.2 Å². The van der Waals surface area contributed by atoms with Gasteiger partial charge in [-0.2, -0.15) is 0 Å². The van der Waals surface area contributed by atoms with Crippen molar-refractivity contribution >= 4 is 16.8 Å². The van der Waals surface area contributed by atoms with Crippen LogP contribution in [0.15, 0.2) is 53.8 Å². The number of hydrogen-bond donors (Lipinski definition) is 0. The monoisotopic (exact) mass is 391 g/mol. The largest absolute Gasteiger partial charge is 0.340 e. The topological polar surface area (TPSA) is 71.3 Å². The molecule has 0 radical (unpaired) electrons. The van der Waals surface area contributed by atoms with E-state index < -0.39 is 0 Å². The minimum atomic E-state index is -0.0892. The maximum absolute atomic E-state index is 12.7. The van der Waals surface area contributed by atoms with Crippen LogP contribution in [-0.4, -0.2) is 56.4 Å². The fourth-order valence-electron chi connectivity index (χ4n) is 3.77. The summed E-state index contributed by atoms with van der Waals surface area (Å²) in [5, 5.41) is 0.602. The summed E-state index contributed by atoms with van der Waals surface area (Å²) >= 11 is 0.